The van der Waals surface area contributed by atoms with E-state index in [0.717, 1.165) is 18.6 Å². The number of nitrogens with zero attached hydrogens (tertiary/aromatic N) is 3. The molecule has 1 atom stereocenters. The Morgan fingerprint density at radius 1 is 1.47 bits per heavy atom. The van der Waals surface area contributed by atoms with Crippen molar-refractivity contribution in [1.82, 2.24) is 14.5 Å². The standard InChI is InChI=1S/C13H16N4O2/c1-8-7-15-12(19-8)9(2)16-11-13(18)17(6-5-14-11)10-3-4-10/h5-7,9-10H,3-4H2,1-2H3,(H,14,16). The summed E-state index contributed by atoms with van der Waals surface area (Å²) in [4.78, 5) is 20.5. The maximum absolute atomic E-state index is 12.2. The number of rotatable bonds is 4. The first-order chi connectivity index (χ1) is 9.15. The second-order valence-electron chi connectivity index (χ2n) is 4.89. The van der Waals surface area contributed by atoms with Crippen LogP contribution in [0, 0.1) is 6.92 Å². The van der Waals surface area contributed by atoms with Gasteiger partial charge in [-0.15, -0.1) is 0 Å². The summed E-state index contributed by atoms with van der Waals surface area (Å²) in [6.07, 6.45) is 7.19. The van der Waals surface area contributed by atoms with E-state index in [0.29, 0.717) is 17.8 Å². The van der Waals surface area contributed by atoms with Crippen molar-refractivity contribution in [3.05, 3.63) is 40.6 Å². The Kier molecular flexibility index (Phi) is 2.85. The molecule has 19 heavy (non-hydrogen) atoms. The Morgan fingerprint density at radius 3 is 2.89 bits per heavy atom. The van der Waals surface area contributed by atoms with Gasteiger partial charge in [-0.25, -0.2) is 9.97 Å². The molecule has 0 spiro atoms. The fraction of sp³-hybridized carbons (Fsp3) is 0.462. The van der Waals surface area contributed by atoms with Crippen molar-refractivity contribution in [2.24, 2.45) is 0 Å². The van der Waals surface area contributed by atoms with Crippen molar-refractivity contribution in [2.45, 2.75) is 38.8 Å². The summed E-state index contributed by atoms with van der Waals surface area (Å²) in [5.74, 6) is 1.65. The normalized spacial score (nSPS) is 16.3. The van der Waals surface area contributed by atoms with Crippen molar-refractivity contribution >= 4 is 5.82 Å². The maximum Gasteiger partial charge on any atom is 0.293 e. The molecular weight excluding hydrogens is 244 g/mol. The lowest BCUT2D eigenvalue weighted by Gasteiger charge is -2.11. The fourth-order valence-corrected chi connectivity index (χ4v) is 2.00. The Morgan fingerprint density at radius 2 is 2.26 bits per heavy atom. The highest BCUT2D eigenvalue weighted by Gasteiger charge is 2.25. The number of aromatic nitrogens is 3. The minimum atomic E-state index is -0.191. The monoisotopic (exact) mass is 260 g/mol. The Hall–Kier alpha value is -2.11. The lowest BCUT2D eigenvalue weighted by Crippen LogP contribution is -2.24. The second-order valence-corrected chi connectivity index (χ2v) is 4.89. The highest BCUT2D eigenvalue weighted by molar-refractivity contribution is 5.33. The molecule has 6 heteroatoms. The fourth-order valence-electron chi connectivity index (χ4n) is 2.00. The third-order valence-electron chi connectivity index (χ3n) is 3.17. The van der Waals surface area contributed by atoms with Crippen LogP contribution in [0.1, 0.15) is 43.5 Å². The first-order valence-electron chi connectivity index (χ1n) is 6.41. The third kappa shape index (κ3) is 2.38. The Balaban J connectivity index is 1.83. The molecule has 2 aromatic heterocycles. The molecule has 2 aromatic rings. The summed E-state index contributed by atoms with van der Waals surface area (Å²) in [6.45, 7) is 3.73. The van der Waals surface area contributed by atoms with Crippen LogP contribution in [-0.2, 0) is 0 Å². The topological polar surface area (TPSA) is 73.0 Å². The zero-order valence-electron chi connectivity index (χ0n) is 11.0. The summed E-state index contributed by atoms with van der Waals surface area (Å²) in [7, 11) is 0. The van der Waals surface area contributed by atoms with Crippen LogP contribution in [-0.4, -0.2) is 14.5 Å². The molecule has 0 saturated heterocycles. The van der Waals surface area contributed by atoms with Gasteiger partial charge in [0.05, 0.1) is 6.20 Å². The van der Waals surface area contributed by atoms with Crippen molar-refractivity contribution in [1.29, 1.82) is 0 Å². The predicted octanol–water partition coefficient (Wildman–Crippen LogP) is 2.05. The molecule has 0 radical (unpaired) electrons. The SMILES string of the molecule is Cc1cnc(C(C)Nc2nccn(C3CC3)c2=O)o1. The van der Waals surface area contributed by atoms with Crippen LogP contribution in [0.25, 0.3) is 0 Å². The molecule has 100 valence electrons. The number of hydrogen-bond acceptors (Lipinski definition) is 5. The highest BCUT2D eigenvalue weighted by Crippen LogP contribution is 2.33. The lowest BCUT2D eigenvalue weighted by atomic mass is 10.3. The second kappa shape index (κ2) is 4.53. The van der Waals surface area contributed by atoms with Crippen LogP contribution in [0.5, 0.6) is 0 Å². The summed E-state index contributed by atoms with van der Waals surface area (Å²) < 4.78 is 7.18. The Labute approximate surface area is 110 Å². The van der Waals surface area contributed by atoms with E-state index in [2.05, 4.69) is 15.3 Å². The molecule has 1 saturated carbocycles. The van der Waals surface area contributed by atoms with Crippen LogP contribution in [0.2, 0.25) is 0 Å². The summed E-state index contributed by atoms with van der Waals surface area (Å²) in [5, 5.41) is 3.06. The van der Waals surface area contributed by atoms with Gasteiger partial charge in [-0.2, -0.15) is 0 Å². The molecule has 0 amide bonds. The van der Waals surface area contributed by atoms with Gasteiger partial charge in [0.2, 0.25) is 5.89 Å². The van der Waals surface area contributed by atoms with Gasteiger partial charge >= 0.3 is 0 Å². The van der Waals surface area contributed by atoms with E-state index in [1.807, 2.05) is 13.8 Å². The number of anilines is 1. The van der Waals surface area contributed by atoms with E-state index in [1.54, 1.807) is 23.2 Å². The van der Waals surface area contributed by atoms with Crippen LogP contribution in [0.4, 0.5) is 5.82 Å². The number of hydrogen-bond donors (Lipinski definition) is 1. The van der Waals surface area contributed by atoms with Gasteiger partial charge in [0.1, 0.15) is 11.8 Å². The minimum absolute atomic E-state index is 0.0832. The molecule has 1 fully saturated rings. The van der Waals surface area contributed by atoms with Gasteiger partial charge in [0, 0.05) is 18.4 Å². The molecule has 0 bridgehead atoms. The van der Waals surface area contributed by atoms with Gasteiger partial charge in [0.15, 0.2) is 5.82 Å². The molecular formula is C13H16N4O2. The molecule has 1 N–H and O–H groups in total. The van der Waals surface area contributed by atoms with Crippen LogP contribution in [0.15, 0.2) is 27.8 Å². The lowest BCUT2D eigenvalue weighted by molar-refractivity contribution is 0.453. The molecule has 1 aliphatic rings. The summed E-state index contributed by atoms with van der Waals surface area (Å²) >= 11 is 0. The molecule has 6 nitrogen and oxygen atoms in total. The van der Waals surface area contributed by atoms with E-state index in [4.69, 9.17) is 4.42 Å². The summed E-state index contributed by atoms with van der Waals surface area (Å²) in [6, 6.07) is 0.152. The van der Waals surface area contributed by atoms with Gasteiger partial charge in [-0.3, -0.25) is 4.79 Å². The van der Waals surface area contributed by atoms with E-state index in [9.17, 15) is 4.79 Å². The van der Waals surface area contributed by atoms with E-state index < -0.39 is 0 Å². The van der Waals surface area contributed by atoms with E-state index >= 15 is 0 Å². The third-order valence-corrected chi connectivity index (χ3v) is 3.17. The van der Waals surface area contributed by atoms with Gasteiger partial charge in [0.25, 0.3) is 5.56 Å². The molecule has 2 heterocycles. The molecule has 0 aliphatic heterocycles. The minimum Gasteiger partial charge on any atom is -0.444 e. The van der Waals surface area contributed by atoms with E-state index in [-0.39, 0.29) is 11.6 Å². The van der Waals surface area contributed by atoms with Gasteiger partial charge < -0.3 is 14.3 Å². The zero-order valence-corrected chi connectivity index (χ0v) is 11.0. The first-order valence-corrected chi connectivity index (χ1v) is 6.41. The average molecular weight is 260 g/mol. The van der Waals surface area contributed by atoms with Crippen molar-refractivity contribution in [3.8, 4) is 0 Å². The number of nitrogens with one attached hydrogen (secondary N) is 1. The largest absolute Gasteiger partial charge is 0.444 e. The van der Waals surface area contributed by atoms with Gasteiger partial charge in [-0.05, 0) is 26.7 Å². The quantitative estimate of drug-likeness (QED) is 0.910. The van der Waals surface area contributed by atoms with E-state index in [1.165, 1.54) is 0 Å². The summed E-state index contributed by atoms with van der Waals surface area (Å²) in [5.41, 5.74) is -0.0832. The zero-order chi connectivity index (χ0) is 13.4. The highest BCUT2D eigenvalue weighted by atomic mass is 16.4. The maximum atomic E-state index is 12.2. The molecule has 3 rings (SSSR count). The van der Waals surface area contributed by atoms with Crippen molar-refractivity contribution in [2.75, 3.05) is 5.32 Å². The van der Waals surface area contributed by atoms with Crippen LogP contribution < -0.4 is 10.9 Å². The molecule has 1 unspecified atom stereocenters. The average Bonchev–Trinajstić information content (AvgIpc) is 3.13. The van der Waals surface area contributed by atoms with Crippen LogP contribution in [0.3, 0.4) is 0 Å². The van der Waals surface area contributed by atoms with Crippen molar-refractivity contribution < 1.29 is 4.42 Å². The first kappa shape index (κ1) is 12.0. The molecule has 1 aliphatic carbocycles. The smallest absolute Gasteiger partial charge is 0.293 e. The van der Waals surface area contributed by atoms with Crippen LogP contribution >= 0.6 is 0 Å². The number of aryl methyl sites for hydroxylation is 1. The van der Waals surface area contributed by atoms with Gasteiger partial charge in [-0.1, -0.05) is 0 Å². The Bertz CT molecular complexity index is 642. The number of oxazole rings is 1. The predicted molar refractivity (Wildman–Crippen MR) is 70.0 cm³/mol. The van der Waals surface area contributed by atoms with Crippen molar-refractivity contribution in [3.63, 3.8) is 0 Å². The molecule has 0 aromatic carbocycles.